The fraction of sp³-hybridized carbons (Fsp3) is 0.231. The van der Waals surface area contributed by atoms with Crippen LogP contribution in [0.4, 0.5) is 0 Å². The van der Waals surface area contributed by atoms with Crippen LogP contribution in [0.2, 0.25) is 5.15 Å². The van der Waals surface area contributed by atoms with Gasteiger partial charge in [0.05, 0.1) is 0 Å². The molecule has 0 unspecified atom stereocenters. The van der Waals surface area contributed by atoms with Gasteiger partial charge in [-0.15, -0.1) is 4.83 Å². The zero-order chi connectivity index (χ0) is 16.5. The topological polar surface area (TPSA) is 91.0 Å². The van der Waals surface area contributed by atoms with Crippen molar-refractivity contribution >= 4 is 21.8 Å². The number of nitrogens with one attached hydrogen (secondary N) is 1. The summed E-state index contributed by atoms with van der Waals surface area (Å²) in [6.07, 6.45) is 0. The maximum Gasteiger partial charge on any atom is 0.321 e. The van der Waals surface area contributed by atoms with Gasteiger partial charge in [0.1, 0.15) is 11.8 Å². The van der Waals surface area contributed by atoms with Crippen molar-refractivity contribution in [2.45, 2.75) is 6.92 Å². The van der Waals surface area contributed by atoms with Crippen molar-refractivity contribution in [3.05, 3.63) is 40.8 Å². The summed E-state index contributed by atoms with van der Waals surface area (Å²) in [4.78, 5) is 6.25. The number of imidazole rings is 1. The summed E-state index contributed by atoms with van der Waals surface area (Å²) < 4.78 is 25.2. The number of halogens is 1. The van der Waals surface area contributed by atoms with Crippen LogP contribution in [-0.2, 0) is 10.2 Å². The number of hydrogen-bond donors (Lipinski definition) is 1. The minimum atomic E-state index is -4.05. The van der Waals surface area contributed by atoms with Crippen molar-refractivity contribution in [1.29, 1.82) is 5.26 Å². The second kappa shape index (κ2) is 6.06. The summed E-state index contributed by atoms with van der Waals surface area (Å²) in [5, 5.41) is 10.2. The van der Waals surface area contributed by atoms with Gasteiger partial charge < -0.3 is 0 Å². The van der Waals surface area contributed by atoms with E-state index in [2.05, 4.69) is 9.82 Å². The van der Waals surface area contributed by atoms with Gasteiger partial charge >= 0.3 is 10.2 Å². The predicted octanol–water partition coefficient (Wildman–Crippen LogP) is 1.54. The van der Waals surface area contributed by atoms with E-state index in [9.17, 15) is 8.42 Å². The fourth-order valence-electron chi connectivity index (χ4n) is 1.84. The van der Waals surface area contributed by atoms with Gasteiger partial charge in [-0.1, -0.05) is 41.4 Å². The lowest BCUT2D eigenvalue weighted by molar-refractivity contribution is 0.361. The first kappa shape index (κ1) is 16.5. The Kier molecular flexibility index (Phi) is 4.53. The van der Waals surface area contributed by atoms with Crippen LogP contribution in [0.25, 0.3) is 11.3 Å². The van der Waals surface area contributed by atoms with E-state index in [4.69, 9.17) is 16.9 Å². The SMILES string of the molecule is Cc1ccc(-c2nc(C#N)n(S(=O)(=O)NN(C)C)c2Cl)cc1. The van der Waals surface area contributed by atoms with E-state index >= 15 is 0 Å². The molecule has 0 aliphatic heterocycles. The van der Waals surface area contributed by atoms with Gasteiger partial charge in [-0.2, -0.15) is 17.7 Å². The Morgan fingerprint density at radius 3 is 2.41 bits per heavy atom. The van der Waals surface area contributed by atoms with Crippen molar-refractivity contribution in [2.75, 3.05) is 14.1 Å². The fourth-order valence-corrected chi connectivity index (χ4v) is 3.50. The molecule has 0 saturated heterocycles. The van der Waals surface area contributed by atoms with Crippen molar-refractivity contribution in [3.8, 4) is 17.3 Å². The summed E-state index contributed by atoms with van der Waals surface area (Å²) in [5.74, 6) is -0.310. The van der Waals surface area contributed by atoms with E-state index in [1.807, 2.05) is 19.1 Å². The normalized spacial score (nSPS) is 11.6. The Hall–Kier alpha value is -1.92. The molecule has 0 saturated carbocycles. The molecule has 9 heteroatoms. The summed E-state index contributed by atoms with van der Waals surface area (Å²) in [6.45, 7) is 1.93. The molecule has 0 amide bonds. The molecule has 2 rings (SSSR count). The minimum absolute atomic E-state index is 0.144. The largest absolute Gasteiger partial charge is 0.321 e. The molecule has 0 aliphatic carbocycles. The zero-order valence-electron chi connectivity index (χ0n) is 12.2. The Morgan fingerprint density at radius 1 is 1.32 bits per heavy atom. The van der Waals surface area contributed by atoms with E-state index in [1.165, 1.54) is 19.1 Å². The first-order valence-electron chi connectivity index (χ1n) is 6.22. The molecule has 1 aromatic heterocycles. The van der Waals surface area contributed by atoms with Crippen LogP contribution in [0.15, 0.2) is 24.3 Å². The molecule has 2 aromatic rings. The highest BCUT2D eigenvalue weighted by Gasteiger charge is 2.26. The first-order chi connectivity index (χ1) is 10.3. The van der Waals surface area contributed by atoms with E-state index < -0.39 is 10.2 Å². The van der Waals surface area contributed by atoms with E-state index in [-0.39, 0.29) is 16.7 Å². The minimum Gasteiger partial charge on any atom is -0.235 e. The Morgan fingerprint density at radius 2 is 1.91 bits per heavy atom. The third-order valence-electron chi connectivity index (χ3n) is 2.75. The van der Waals surface area contributed by atoms with Gasteiger partial charge in [-0.05, 0) is 6.92 Å². The lowest BCUT2D eigenvalue weighted by Crippen LogP contribution is -2.40. The molecule has 0 aliphatic rings. The highest BCUT2D eigenvalue weighted by Crippen LogP contribution is 2.29. The number of nitrogens with zero attached hydrogens (tertiary/aromatic N) is 4. The van der Waals surface area contributed by atoms with Crippen LogP contribution in [0.3, 0.4) is 0 Å². The summed E-state index contributed by atoms with van der Waals surface area (Å²) in [6, 6.07) is 8.98. The summed E-state index contributed by atoms with van der Waals surface area (Å²) >= 11 is 6.16. The highest BCUT2D eigenvalue weighted by molar-refractivity contribution is 7.88. The standard InChI is InChI=1S/C13H14ClN5O2S/c1-9-4-6-10(7-5-9)12-13(14)19(11(8-15)16-12)22(20,21)17-18(2)3/h4-7,17H,1-3H3. The number of hydrazine groups is 1. The molecule has 0 fully saturated rings. The monoisotopic (exact) mass is 339 g/mol. The average Bonchev–Trinajstić information content (AvgIpc) is 2.76. The van der Waals surface area contributed by atoms with Crippen LogP contribution < -0.4 is 4.83 Å². The predicted molar refractivity (Wildman–Crippen MR) is 83.3 cm³/mol. The lowest BCUT2D eigenvalue weighted by atomic mass is 10.1. The van der Waals surface area contributed by atoms with Crippen LogP contribution in [-0.4, -0.2) is 36.5 Å². The molecule has 7 nitrogen and oxygen atoms in total. The molecule has 0 bridgehead atoms. The zero-order valence-corrected chi connectivity index (χ0v) is 13.8. The van der Waals surface area contributed by atoms with E-state index in [0.29, 0.717) is 9.54 Å². The van der Waals surface area contributed by atoms with Gasteiger partial charge in [0.2, 0.25) is 5.82 Å². The molecule has 116 valence electrons. The van der Waals surface area contributed by atoms with Crippen LogP contribution in [0, 0.1) is 18.3 Å². The molecule has 22 heavy (non-hydrogen) atoms. The molecular formula is C13H14ClN5O2S. The Labute approximate surface area is 133 Å². The number of nitriles is 1. The molecule has 1 N–H and O–H groups in total. The molecule has 0 spiro atoms. The smallest absolute Gasteiger partial charge is 0.235 e. The second-order valence-corrected chi connectivity index (χ2v) is 6.66. The maximum absolute atomic E-state index is 12.3. The number of aromatic nitrogens is 2. The Bertz CT molecular complexity index is 835. The highest BCUT2D eigenvalue weighted by atomic mass is 35.5. The number of hydrogen-bond acceptors (Lipinski definition) is 5. The number of rotatable bonds is 4. The van der Waals surface area contributed by atoms with Gasteiger partial charge in [0.15, 0.2) is 5.15 Å². The van der Waals surface area contributed by atoms with Crippen molar-refractivity contribution in [1.82, 2.24) is 18.8 Å². The van der Waals surface area contributed by atoms with Crippen molar-refractivity contribution in [2.24, 2.45) is 0 Å². The first-order valence-corrected chi connectivity index (χ1v) is 8.03. The third kappa shape index (κ3) is 3.13. The average molecular weight is 340 g/mol. The molecule has 0 radical (unpaired) electrons. The summed E-state index contributed by atoms with van der Waals surface area (Å²) in [7, 11) is -1.03. The lowest BCUT2D eigenvalue weighted by Gasteiger charge is -2.13. The Balaban J connectivity index is 2.63. The van der Waals surface area contributed by atoms with Gasteiger partial charge in [0, 0.05) is 19.7 Å². The van der Waals surface area contributed by atoms with Crippen LogP contribution >= 0.6 is 11.6 Å². The van der Waals surface area contributed by atoms with Gasteiger partial charge in [0.25, 0.3) is 0 Å². The van der Waals surface area contributed by atoms with Crippen molar-refractivity contribution in [3.63, 3.8) is 0 Å². The van der Waals surface area contributed by atoms with E-state index in [0.717, 1.165) is 5.56 Å². The number of aryl methyl sites for hydroxylation is 1. The maximum atomic E-state index is 12.3. The molecular weight excluding hydrogens is 326 g/mol. The van der Waals surface area contributed by atoms with E-state index in [1.54, 1.807) is 18.2 Å². The summed E-state index contributed by atoms with van der Waals surface area (Å²) in [5.41, 5.74) is 1.91. The van der Waals surface area contributed by atoms with Crippen LogP contribution in [0.1, 0.15) is 11.4 Å². The molecule has 1 aromatic carbocycles. The molecule has 0 atom stereocenters. The quantitative estimate of drug-likeness (QED) is 0.853. The molecule has 1 heterocycles. The third-order valence-corrected chi connectivity index (χ3v) is 4.63. The number of benzene rings is 1. The van der Waals surface area contributed by atoms with Gasteiger partial charge in [-0.3, -0.25) is 0 Å². The second-order valence-electron chi connectivity index (χ2n) is 4.81. The van der Waals surface area contributed by atoms with Crippen LogP contribution in [0.5, 0.6) is 0 Å². The van der Waals surface area contributed by atoms with Gasteiger partial charge in [-0.25, -0.2) is 9.99 Å². The van der Waals surface area contributed by atoms with Crippen molar-refractivity contribution < 1.29 is 8.42 Å².